The maximum atomic E-state index is 11.2. The van der Waals surface area contributed by atoms with Gasteiger partial charge in [0, 0.05) is 31.5 Å². The van der Waals surface area contributed by atoms with Gasteiger partial charge in [-0.25, -0.2) is 0 Å². The van der Waals surface area contributed by atoms with Crippen molar-refractivity contribution in [1.29, 1.82) is 0 Å². The zero-order valence-corrected chi connectivity index (χ0v) is 12.2. The van der Waals surface area contributed by atoms with E-state index in [1.54, 1.807) is 0 Å². The molecular formula is C17H19N3O. The van der Waals surface area contributed by atoms with Crippen LogP contribution in [0.2, 0.25) is 0 Å². The lowest BCUT2D eigenvalue weighted by Crippen LogP contribution is -2.10. The smallest absolute Gasteiger partial charge is 0.243 e. The van der Waals surface area contributed by atoms with Gasteiger partial charge in [-0.1, -0.05) is 30.3 Å². The standard InChI is InChI=1S/C17H19N3O/c1-20(2)15-10-8-14(9-11-15)19-16(12-17(18)21)13-6-4-3-5-7-13/h3-12,19H,1-2H3,(H2,18,21). The number of rotatable bonds is 5. The number of nitrogens with zero attached hydrogens (tertiary/aromatic N) is 1. The fourth-order valence-electron chi connectivity index (χ4n) is 1.95. The number of hydrogen-bond donors (Lipinski definition) is 2. The first-order chi connectivity index (χ1) is 10.1. The van der Waals surface area contributed by atoms with E-state index in [9.17, 15) is 4.79 Å². The van der Waals surface area contributed by atoms with E-state index in [2.05, 4.69) is 5.32 Å². The van der Waals surface area contributed by atoms with Gasteiger partial charge in [-0.15, -0.1) is 0 Å². The molecule has 0 saturated heterocycles. The van der Waals surface area contributed by atoms with Crippen molar-refractivity contribution >= 4 is 23.0 Å². The highest BCUT2D eigenvalue weighted by molar-refractivity contribution is 5.96. The number of anilines is 2. The highest BCUT2D eigenvalue weighted by Crippen LogP contribution is 2.21. The average molecular weight is 281 g/mol. The molecule has 0 aliphatic rings. The van der Waals surface area contributed by atoms with Crippen LogP contribution in [0.5, 0.6) is 0 Å². The second-order valence-electron chi connectivity index (χ2n) is 4.89. The van der Waals surface area contributed by atoms with Gasteiger partial charge in [-0.2, -0.15) is 0 Å². The van der Waals surface area contributed by atoms with Crippen LogP contribution >= 0.6 is 0 Å². The zero-order valence-electron chi connectivity index (χ0n) is 12.2. The van der Waals surface area contributed by atoms with Crippen molar-refractivity contribution in [3.05, 3.63) is 66.2 Å². The summed E-state index contributed by atoms with van der Waals surface area (Å²) >= 11 is 0. The molecule has 4 heteroatoms. The van der Waals surface area contributed by atoms with E-state index in [1.807, 2.05) is 73.6 Å². The highest BCUT2D eigenvalue weighted by atomic mass is 16.1. The summed E-state index contributed by atoms with van der Waals surface area (Å²) in [5, 5.41) is 3.23. The summed E-state index contributed by atoms with van der Waals surface area (Å²) < 4.78 is 0. The Hall–Kier alpha value is -2.75. The molecule has 108 valence electrons. The van der Waals surface area contributed by atoms with E-state index >= 15 is 0 Å². The van der Waals surface area contributed by atoms with Crippen molar-refractivity contribution in [2.75, 3.05) is 24.3 Å². The number of nitrogens with two attached hydrogens (primary N) is 1. The zero-order chi connectivity index (χ0) is 15.2. The summed E-state index contributed by atoms with van der Waals surface area (Å²) in [5.41, 5.74) is 8.89. The molecule has 3 N–H and O–H groups in total. The topological polar surface area (TPSA) is 58.4 Å². The molecule has 2 rings (SSSR count). The Labute approximate surface area is 124 Å². The molecular weight excluding hydrogens is 262 g/mol. The van der Waals surface area contributed by atoms with Gasteiger partial charge in [-0.3, -0.25) is 4.79 Å². The highest BCUT2D eigenvalue weighted by Gasteiger charge is 2.04. The van der Waals surface area contributed by atoms with E-state index in [-0.39, 0.29) is 0 Å². The van der Waals surface area contributed by atoms with Gasteiger partial charge in [0.2, 0.25) is 5.91 Å². The number of nitrogens with one attached hydrogen (secondary N) is 1. The molecule has 4 nitrogen and oxygen atoms in total. The molecule has 0 saturated carbocycles. The van der Waals surface area contributed by atoms with E-state index in [0.29, 0.717) is 5.70 Å². The van der Waals surface area contributed by atoms with Crippen LogP contribution in [0.15, 0.2) is 60.7 Å². The minimum absolute atomic E-state index is 0.480. The lowest BCUT2D eigenvalue weighted by molar-refractivity contribution is -0.113. The molecule has 2 aromatic rings. The normalized spacial score (nSPS) is 11.0. The molecule has 0 fully saturated rings. The Bertz CT molecular complexity index is 631. The Morgan fingerprint density at radius 1 is 1.05 bits per heavy atom. The predicted octanol–water partition coefficient (Wildman–Crippen LogP) is 2.69. The van der Waals surface area contributed by atoms with Gasteiger partial charge >= 0.3 is 0 Å². The molecule has 0 aromatic heterocycles. The first-order valence-corrected chi connectivity index (χ1v) is 6.67. The van der Waals surface area contributed by atoms with Crippen LogP contribution in [0.25, 0.3) is 5.70 Å². The SMILES string of the molecule is CN(C)c1ccc(NC(=CC(N)=O)c2ccccc2)cc1. The van der Waals surface area contributed by atoms with Gasteiger partial charge in [-0.05, 0) is 29.8 Å². The molecule has 0 heterocycles. The number of hydrogen-bond acceptors (Lipinski definition) is 3. The summed E-state index contributed by atoms with van der Waals surface area (Å²) in [6.45, 7) is 0. The van der Waals surface area contributed by atoms with Gasteiger partial charge < -0.3 is 16.0 Å². The molecule has 0 radical (unpaired) electrons. The molecule has 0 unspecified atom stereocenters. The third-order valence-electron chi connectivity index (χ3n) is 3.03. The summed E-state index contributed by atoms with van der Waals surface area (Å²) in [7, 11) is 3.98. The van der Waals surface area contributed by atoms with Crippen LogP contribution in [0.3, 0.4) is 0 Å². The van der Waals surface area contributed by atoms with E-state index in [4.69, 9.17) is 5.73 Å². The lowest BCUT2D eigenvalue weighted by Gasteiger charge is -2.15. The summed E-state index contributed by atoms with van der Waals surface area (Å²) in [6, 6.07) is 17.6. The average Bonchev–Trinajstić information content (AvgIpc) is 2.47. The van der Waals surface area contributed by atoms with Gasteiger partial charge in [0.15, 0.2) is 0 Å². The molecule has 0 bridgehead atoms. The van der Waals surface area contributed by atoms with Crippen molar-refractivity contribution in [3.8, 4) is 0 Å². The van der Waals surface area contributed by atoms with Crippen molar-refractivity contribution in [2.45, 2.75) is 0 Å². The molecule has 0 aliphatic heterocycles. The van der Waals surface area contributed by atoms with Crippen LogP contribution in [-0.4, -0.2) is 20.0 Å². The molecule has 21 heavy (non-hydrogen) atoms. The summed E-state index contributed by atoms with van der Waals surface area (Å²) in [4.78, 5) is 13.2. The fraction of sp³-hybridized carbons (Fsp3) is 0.118. The molecule has 1 amide bonds. The van der Waals surface area contributed by atoms with Crippen molar-refractivity contribution in [3.63, 3.8) is 0 Å². The predicted molar refractivity (Wildman–Crippen MR) is 88.0 cm³/mol. The van der Waals surface area contributed by atoms with Crippen LogP contribution in [0.1, 0.15) is 5.56 Å². The van der Waals surface area contributed by atoms with E-state index < -0.39 is 5.91 Å². The number of benzene rings is 2. The van der Waals surface area contributed by atoms with E-state index in [0.717, 1.165) is 16.9 Å². The quantitative estimate of drug-likeness (QED) is 0.828. The molecule has 0 aliphatic carbocycles. The molecule has 0 atom stereocenters. The van der Waals surface area contributed by atoms with Gasteiger partial charge in [0.05, 0.1) is 5.70 Å². The molecule has 0 spiro atoms. The van der Waals surface area contributed by atoms with Crippen molar-refractivity contribution in [2.24, 2.45) is 5.73 Å². The Morgan fingerprint density at radius 2 is 1.67 bits per heavy atom. The first-order valence-electron chi connectivity index (χ1n) is 6.67. The largest absolute Gasteiger partial charge is 0.378 e. The maximum absolute atomic E-state index is 11.2. The number of primary amides is 1. The Kier molecular flexibility index (Phi) is 4.61. The minimum atomic E-state index is -0.480. The Balaban J connectivity index is 2.26. The van der Waals surface area contributed by atoms with Crippen LogP contribution < -0.4 is 16.0 Å². The fourth-order valence-corrected chi connectivity index (χ4v) is 1.95. The second kappa shape index (κ2) is 6.61. The monoisotopic (exact) mass is 281 g/mol. The van der Waals surface area contributed by atoms with Crippen molar-refractivity contribution < 1.29 is 4.79 Å². The number of amides is 1. The van der Waals surface area contributed by atoms with E-state index in [1.165, 1.54) is 6.08 Å². The van der Waals surface area contributed by atoms with Crippen molar-refractivity contribution in [1.82, 2.24) is 0 Å². The maximum Gasteiger partial charge on any atom is 0.243 e. The summed E-state index contributed by atoms with van der Waals surface area (Å²) in [5.74, 6) is -0.480. The van der Waals surface area contributed by atoms with Crippen LogP contribution in [-0.2, 0) is 4.79 Å². The van der Waals surface area contributed by atoms with Crippen LogP contribution in [0, 0.1) is 0 Å². The number of carbonyl (C=O) groups is 1. The summed E-state index contributed by atoms with van der Waals surface area (Å²) in [6.07, 6.45) is 1.40. The first kappa shape index (κ1) is 14.7. The van der Waals surface area contributed by atoms with Crippen LogP contribution in [0.4, 0.5) is 11.4 Å². The van der Waals surface area contributed by atoms with Gasteiger partial charge in [0.1, 0.15) is 0 Å². The number of carbonyl (C=O) groups excluding carboxylic acids is 1. The third kappa shape index (κ3) is 4.11. The lowest BCUT2D eigenvalue weighted by atomic mass is 10.1. The third-order valence-corrected chi connectivity index (χ3v) is 3.03. The minimum Gasteiger partial charge on any atom is -0.378 e. The second-order valence-corrected chi connectivity index (χ2v) is 4.89. The molecule has 2 aromatic carbocycles. The Morgan fingerprint density at radius 3 is 2.19 bits per heavy atom. The van der Waals surface area contributed by atoms with Gasteiger partial charge in [0.25, 0.3) is 0 Å².